The first kappa shape index (κ1) is 17.2. The van der Waals surface area contributed by atoms with E-state index in [1.54, 1.807) is 0 Å². The minimum absolute atomic E-state index is 0. The molecule has 0 saturated carbocycles. The Bertz CT molecular complexity index is 539. The summed E-state index contributed by atoms with van der Waals surface area (Å²) in [4.78, 5) is 12.0. The van der Waals surface area contributed by atoms with E-state index >= 15 is 0 Å². The average molecular weight is 331 g/mol. The second-order valence-electron chi connectivity index (χ2n) is 6.03. The van der Waals surface area contributed by atoms with Gasteiger partial charge in [-0.1, -0.05) is 24.3 Å². The van der Waals surface area contributed by atoms with Crippen LogP contribution >= 0.6 is 12.4 Å². The van der Waals surface area contributed by atoms with Gasteiger partial charge in [0.15, 0.2) is 0 Å². The molecule has 0 spiro atoms. The fourth-order valence-electron chi connectivity index (χ4n) is 3.31. The zero-order chi connectivity index (χ0) is 14.9. The fourth-order valence-corrected chi connectivity index (χ4v) is 3.31. The van der Waals surface area contributed by atoms with Crippen LogP contribution in [0, 0.1) is 0 Å². The molecule has 6 heteroatoms. The first-order chi connectivity index (χ1) is 10.1. The maximum absolute atomic E-state index is 13.1. The number of nitrogens with one attached hydrogen (secondary N) is 2. The second-order valence-corrected chi connectivity index (χ2v) is 6.03. The highest BCUT2D eigenvalue weighted by atomic mass is 35.5. The maximum atomic E-state index is 13.1. The summed E-state index contributed by atoms with van der Waals surface area (Å²) in [5.41, 5.74) is 2.63. The number of halogens is 3. The highest BCUT2D eigenvalue weighted by Gasteiger charge is 2.42. The van der Waals surface area contributed by atoms with E-state index in [-0.39, 0.29) is 18.3 Å². The molecule has 2 atom stereocenters. The van der Waals surface area contributed by atoms with E-state index in [1.165, 1.54) is 11.1 Å². The largest absolute Gasteiger partial charge is 0.354 e. The van der Waals surface area contributed by atoms with Gasteiger partial charge in [0.1, 0.15) is 0 Å². The van der Waals surface area contributed by atoms with Crippen molar-refractivity contribution in [1.82, 2.24) is 10.6 Å². The number of fused-ring (bicyclic) bond motifs is 1. The number of carbonyl (C=O) groups is 1. The fraction of sp³-hybridized carbons (Fsp3) is 0.562. The van der Waals surface area contributed by atoms with Crippen molar-refractivity contribution in [3.05, 3.63) is 35.4 Å². The molecule has 0 radical (unpaired) electrons. The van der Waals surface area contributed by atoms with Gasteiger partial charge in [0.2, 0.25) is 5.91 Å². The van der Waals surface area contributed by atoms with Crippen molar-refractivity contribution < 1.29 is 13.6 Å². The van der Waals surface area contributed by atoms with Gasteiger partial charge in [-0.3, -0.25) is 10.1 Å². The molecule has 2 N–H and O–H groups in total. The van der Waals surface area contributed by atoms with Gasteiger partial charge in [0, 0.05) is 18.9 Å². The van der Waals surface area contributed by atoms with Crippen LogP contribution in [0.2, 0.25) is 0 Å². The van der Waals surface area contributed by atoms with E-state index in [1.807, 2.05) is 12.1 Å². The van der Waals surface area contributed by atoms with Crippen LogP contribution in [0.15, 0.2) is 24.3 Å². The van der Waals surface area contributed by atoms with Gasteiger partial charge >= 0.3 is 0 Å². The number of aryl methyl sites for hydroxylation is 1. The van der Waals surface area contributed by atoms with E-state index in [4.69, 9.17) is 0 Å². The minimum Gasteiger partial charge on any atom is -0.354 e. The van der Waals surface area contributed by atoms with Crippen LogP contribution < -0.4 is 10.6 Å². The standard InChI is InChI=1S/C16H20F2N2O.ClH/c17-16(18)8-14(20-10-16)15(21)19-9-12-6-3-5-11-4-1-2-7-13(11)12;/h1-2,4,7,12,14,20H,3,5-6,8-10H2,(H,19,21);1H. The number of hydrogen-bond acceptors (Lipinski definition) is 2. The molecule has 0 bridgehead atoms. The summed E-state index contributed by atoms with van der Waals surface area (Å²) in [5, 5.41) is 5.43. The lowest BCUT2D eigenvalue weighted by atomic mass is 9.83. The molecule has 1 saturated heterocycles. The Hall–Kier alpha value is -1.20. The number of alkyl halides is 2. The van der Waals surface area contributed by atoms with Crippen LogP contribution in [0.1, 0.15) is 36.3 Å². The predicted molar refractivity (Wildman–Crippen MR) is 83.7 cm³/mol. The highest BCUT2D eigenvalue weighted by molar-refractivity contribution is 5.85. The Labute approximate surface area is 135 Å². The Morgan fingerprint density at radius 2 is 2.14 bits per heavy atom. The van der Waals surface area contributed by atoms with Crippen molar-refractivity contribution in [2.45, 2.75) is 43.6 Å². The summed E-state index contributed by atoms with van der Waals surface area (Å²) in [6, 6.07) is 7.51. The first-order valence-corrected chi connectivity index (χ1v) is 7.52. The molecule has 1 aromatic carbocycles. The van der Waals surface area contributed by atoms with Gasteiger partial charge in [-0.2, -0.15) is 0 Å². The van der Waals surface area contributed by atoms with Crippen LogP contribution in [0.3, 0.4) is 0 Å². The van der Waals surface area contributed by atoms with E-state index in [0.29, 0.717) is 12.5 Å². The molecule has 122 valence electrons. The number of rotatable bonds is 3. The van der Waals surface area contributed by atoms with Crippen molar-refractivity contribution in [1.29, 1.82) is 0 Å². The van der Waals surface area contributed by atoms with Crippen LogP contribution in [0.4, 0.5) is 8.78 Å². The molecule has 1 aliphatic heterocycles. The van der Waals surface area contributed by atoms with E-state index in [0.717, 1.165) is 19.3 Å². The Balaban J connectivity index is 0.00000176. The average Bonchev–Trinajstić information content (AvgIpc) is 2.85. The molecule has 1 aromatic rings. The number of benzene rings is 1. The topological polar surface area (TPSA) is 41.1 Å². The minimum atomic E-state index is -2.76. The highest BCUT2D eigenvalue weighted by Crippen LogP contribution is 2.31. The van der Waals surface area contributed by atoms with E-state index in [9.17, 15) is 13.6 Å². The molecule has 1 fully saturated rings. The molecule has 2 unspecified atom stereocenters. The molecule has 3 rings (SSSR count). The first-order valence-electron chi connectivity index (χ1n) is 7.52. The van der Waals surface area contributed by atoms with Crippen molar-refractivity contribution in [2.75, 3.05) is 13.1 Å². The van der Waals surface area contributed by atoms with Gasteiger partial charge < -0.3 is 5.32 Å². The van der Waals surface area contributed by atoms with Crippen molar-refractivity contribution in [3.8, 4) is 0 Å². The molecule has 2 aliphatic rings. The zero-order valence-corrected chi connectivity index (χ0v) is 13.1. The lowest BCUT2D eigenvalue weighted by Gasteiger charge is -2.26. The van der Waals surface area contributed by atoms with Crippen LogP contribution in [-0.2, 0) is 11.2 Å². The van der Waals surface area contributed by atoms with Crippen LogP contribution in [0.5, 0.6) is 0 Å². The van der Waals surface area contributed by atoms with Crippen molar-refractivity contribution in [3.63, 3.8) is 0 Å². The molecular weight excluding hydrogens is 310 g/mol. The molecular formula is C16H21ClF2N2O. The molecule has 3 nitrogen and oxygen atoms in total. The van der Waals surface area contributed by atoms with Crippen LogP contribution in [0.25, 0.3) is 0 Å². The van der Waals surface area contributed by atoms with Gasteiger partial charge in [0.25, 0.3) is 5.92 Å². The van der Waals surface area contributed by atoms with Crippen LogP contribution in [-0.4, -0.2) is 31.0 Å². The third-order valence-corrected chi connectivity index (χ3v) is 4.44. The quantitative estimate of drug-likeness (QED) is 0.894. The lowest BCUT2D eigenvalue weighted by molar-refractivity contribution is -0.123. The van der Waals surface area contributed by atoms with Crippen molar-refractivity contribution in [2.24, 2.45) is 0 Å². The monoisotopic (exact) mass is 330 g/mol. The van der Waals surface area contributed by atoms with Crippen molar-refractivity contribution >= 4 is 18.3 Å². The third-order valence-electron chi connectivity index (χ3n) is 4.44. The Kier molecular flexibility index (Phi) is 5.40. The maximum Gasteiger partial charge on any atom is 0.262 e. The lowest BCUT2D eigenvalue weighted by Crippen LogP contribution is -2.42. The summed E-state index contributed by atoms with van der Waals surface area (Å²) in [6.07, 6.45) is 2.82. The predicted octanol–water partition coefficient (Wildman–Crippen LogP) is 2.64. The summed E-state index contributed by atoms with van der Waals surface area (Å²) >= 11 is 0. The molecule has 0 aromatic heterocycles. The van der Waals surface area contributed by atoms with Gasteiger partial charge in [-0.15, -0.1) is 12.4 Å². The number of amides is 1. The summed E-state index contributed by atoms with van der Waals surface area (Å²) < 4.78 is 26.2. The van der Waals surface area contributed by atoms with E-state index in [2.05, 4.69) is 22.8 Å². The Morgan fingerprint density at radius 3 is 2.86 bits per heavy atom. The van der Waals surface area contributed by atoms with Gasteiger partial charge in [-0.05, 0) is 30.4 Å². The number of carbonyl (C=O) groups excluding carboxylic acids is 1. The van der Waals surface area contributed by atoms with E-state index < -0.39 is 24.9 Å². The molecule has 22 heavy (non-hydrogen) atoms. The zero-order valence-electron chi connectivity index (χ0n) is 12.3. The molecule has 1 amide bonds. The third kappa shape index (κ3) is 3.76. The smallest absolute Gasteiger partial charge is 0.262 e. The van der Waals surface area contributed by atoms with Gasteiger partial charge in [0.05, 0.1) is 12.6 Å². The normalized spacial score (nSPS) is 25.9. The van der Waals surface area contributed by atoms with Gasteiger partial charge in [-0.25, -0.2) is 8.78 Å². The molecule has 1 aliphatic carbocycles. The summed E-state index contributed by atoms with van der Waals surface area (Å²) in [5.74, 6) is -2.78. The summed E-state index contributed by atoms with van der Waals surface area (Å²) in [7, 11) is 0. The second kappa shape index (κ2) is 6.92. The number of hydrogen-bond donors (Lipinski definition) is 2. The SMILES string of the molecule is Cl.O=C(NCC1CCCc2ccccc21)C1CC(F)(F)CN1. The summed E-state index contributed by atoms with van der Waals surface area (Å²) in [6.45, 7) is 0.122. The Morgan fingerprint density at radius 1 is 1.36 bits per heavy atom. The molecule has 1 heterocycles.